The molecule has 0 fully saturated rings. The Morgan fingerprint density at radius 1 is 1.19 bits per heavy atom. The lowest BCUT2D eigenvalue weighted by Crippen LogP contribution is -2.14. The highest BCUT2D eigenvalue weighted by molar-refractivity contribution is 7.16. The number of aromatic nitrogens is 4. The van der Waals surface area contributed by atoms with Gasteiger partial charge in [-0.2, -0.15) is 0 Å². The summed E-state index contributed by atoms with van der Waals surface area (Å²) < 4.78 is 0. The zero-order chi connectivity index (χ0) is 18.9. The number of nitrogens with zero attached hydrogens (tertiary/aromatic N) is 4. The zero-order valence-electron chi connectivity index (χ0n) is 14.0. The summed E-state index contributed by atoms with van der Waals surface area (Å²) in [4.78, 5) is 37.6. The van der Waals surface area contributed by atoms with Crippen LogP contribution in [0.4, 0.5) is 16.5 Å². The Morgan fingerprint density at radius 2 is 1.88 bits per heavy atom. The van der Waals surface area contributed by atoms with E-state index in [-0.39, 0.29) is 5.91 Å². The molecule has 0 bridgehead atoms. The lowest BCUT2D eigenvalue weighted by atomic mass is 10.4. The highest BCUT2D eigenvalue weighted by Gasteiger charge is 2.17. The highest BCUT2D eigenvalue weighted by atomic mass is 32.1. The largest absolute Gasteiger partial charge is 0.481 e. The third-order valence-electron chi connectivity index (χ3n) is 2.67. The number of carboxylic acids is 1. The van der Waals surface area contributed by atoms with Gasteiger partial charge >= 0.3 is 0 Å². The first-order chi connectivity index (χ1) is 12.5. The lowest BCUT2D eigenvalue weighted by Gasteiger charge is -2.06. The van der Waals surface area contributed by atoms with Crippen molar-refractivity contribution in [3.63, 3.8) is 0 Å². The number of hydrogen-bond donors (Lipinski definition) is 3. The normalized spacial score (nSPS) is 9.62. The van der Waals surface area contributed by atoms with Gasteiger partial charge < -0.3 is 15.7 Å². The van der Waals surface area contributed by atoms with Gasteiger partial charge in [0.1, 0.15) is 17.1 Å². The van der Waals surface area contributed by atoms with E-state index in [4.69, 9.17) is 9.90 Å². The van der Waals surface area contributed by atoms with E-state index in [9.17, 15) is 4.79 Å². The zero-order valence-corrected chi connectivity index (χ0v) is 14.8. The molecule has 0 aromatic carbocycles. The van der Waals surface area contributed by atoms with Gasteiger partial charge in [-0.25, -0.2) is 19.9 Å². The van der Waals surface area contributed by atoms with Gasteiger partial charge in [0.25, 0.3) is 11.9 Å². The smallest absolute Gasteiger partial charge is 0.300 e. The van der Waals surface area contributed by atoms with Crippen LogP contribution in [0.3, 0.4) is 0 Å². The van der Waals surface area contributed by atoms with Gasteiger partial charge in [-0.05, 0) is 19.1 Å². The van der Waals surface area contributed by atoms with Crippen molar-refractivity contribution in [1.29, 1.82) is 0 Å². The Labute approximate surface area is 153 Å². The first-order valence-corrected chi connectivity index (χ1v) is 8.18. The van der Waals surface area contributed by atoms with E-state index in [2.05, 4.69) is 30.6 Å². The molecule has 0 aliphatic rings. The summed E-state index contributed by atoms with van der Waals surface area (Å²) in [5.74, 6) is -0.672. The van der Waals surface area contributed by atoms with Crippen LogP contribution in [-0.4, -0.2) is 36.9 Å². The summed E-state index contributed by atoms with van der Waals surface area (Å²) in [7, 11) is 0. The Bertz CT molecular complexity index is 866. The van der Waals surface area contributed by atoms with Crippen LogP contribution in [0.15, 0.2) is 43.1 Å². The van der Waals surface area contributed by atoms with Crippen molar-refractivity contribution in [3.05, 3.63) is 53.8 Å². The molecule has 0 atom stereocenters. The first-order valence-electron chi connectivity index (χ1n) is 7.37. The molecule has 3 heterocycles. The second kappa shape index (κ2) is 9.18. The molecule has 0 spiro atoms. The maximum Gasteiger partial charge on any atom is 0.300 e. The summed E-state index contributed by atoms with van der Waals surface area (Å²) in [6.07, 6.45) is 6.31. The quantitative estimate of drug-likeness (QED) is 0.637. The minimum absolute atomic E-state index is 0.317. The topological polar surface area (TPSA) is 130 Å². The SMILES string of the molecule is CC(=O)O.Cc1nc(C(=O)Nc2ccccn2)c(Nc2cncnc2)s1. The van der Waals surface area contributed by atoms with Crippen LogP contribution >= 0.6 is 11.3 Å². The molecule has 0 saturated carbocycles. The van der Waals surface area contributed by atoms with Gasteiger partial charge in [-0.3, -0.25) is 9.59 Å². The van der Waals surface area contributed by atoms with Gasteiger partial charge in [0.15, 0.2) is 5.69 Å². The van der Waals surface area contributed by atoms with Crippen molar-refractivity contribution in [1.82, 2.24) is 19.9 Å². The number of thiazole rings is 1. The number of pyridine rings is 1. The fourth-order valence-electron chi connectivity index (χ4n) is 1.77. The second-order valence-corrected chi connectivity index (χ2v) is 6.05. The maximum absolute atomic E-state index is 12.4. The molecule has 26 heavy (non-hydrogen) atoms. The number of amides is 1. The van der Waals surface area contributed by atoms with Gasteiger partial charge in [0.05, 0.1) is 23.1 Å². The standard InChI is InChI=1S/C14H12N6OS.C2H4O2/c1-9-18-12(13(21)20-11-4-2-3-5-17-11)14(22-9)19-10-6-15-8-16-7-10;1-2(3)4/h2-8,19H,1H3,(H,17,20,21);1H3,(H,3,4). The van der Waals surface area contributed by atoms with E-state index < -0.39 is 5.97 Å². The molecule has 0 aliphatic heterocycles. The Kier molecular flexibility index (Phi) is 6.68. The van der Waals surface area contributed by atoms with Crippen LogP contribution in [0, 0.1) is 6.92 Å². The summed E-state index contributed by atoms with van der Waals surface area (Å²) in [6.45, 7) is 2.93. The summed E-state index contributed by atoms with van der Waals surface area (Å²) in [5, 5.41) is 14.7. The van der Waals surface area contributed by atoms with E-state index in [0.717, 1.165) is 11.9 Å². The lowest BCUT2D eigenvalue weighted by molar-refractivity contribution is -0.134. The highest BCUT2D eigenvalue weighted by Crippen LogP contribution is 2.27. The predicted octanol–water partition coefficient (Wildman–Crippen LogP) is 2.72. The number of aryl methyl sites for hydroxylation is 1. The minimum Gasteiger partial charge on any atom is -0.481 e. The Hall–Kier alpha value is -3.40. The van der Waals surface area contributed by atoms with Crippen molar-refractivity contribution in [3.8, 4) is 0 Å². The molecule has 0 radical (unpaired) electrons. The first kappa shape index (κ1) is 18.9. The molecular formula is C16H16N6O3S. The van der Waals surface area contributed by atoms with Crippen molar-refractivity contribution in [2.75, 3.05) is 10.6 Å². The Morgan fingerprint density at radius 3 is 2.50 bits per heavy atom. The van der Waals surface area contributed by atoms with Gasteiger partial charge in [-0.1, -0.05) is 6.07 Å². The fourth-order valence-corrected chi connectivity index (χ4v) is 2.61. The summed E-state index contributed by atoms with van der Waals surface area (Å²) in [6, 6.07) is 5.30. The average Bonchev–Trinajstić information content (AvgIpc) is 2.97. The molecule has 0 saturated heterocycles. The van der Waals surface area contributed by atoms with Crippen molar-refractivity contribution in [2.45, 2.75) is 13.8 Å². The van der Waals surface area contributed by atoms with Crippen LogP contribution < -0.4 is 10.6 Å². The fraction of sp³-hybridized carbons (Fsp3) is 0.125. The number of carbonyl (C=O) groups excluding carboxylic acids is 1. The van der Waals surface area contributed by atoms with E-state index >= 15 is 0 Å². The molecular weight excluding hydrogens is 356 g/mol. The van der Waals surface area contributed by atoms with E-state index in [0.29, 0.717) is 22.2 Å². The number of carbonyl (C=O) groups is 2. The van der Waals surface area contributed by atoms with Crippen LogP contribution in [-0.2, 0) is 4.79 Å². The number of hydrogen-bond acceptors (Lipinski definition) is 8. The summed E-state index contributed by atoms with van der Waals surface area (Å²) in [5.41, 5.74) is 1.01. The molecule has 9 nitrogen and oxygen atoms in total. The van der Waals surface area contributed by atoms with Crippen molar-refractivity contribution >= 4 is 39.7 Å². The number of carboxylic acid groups (broad SMARTS) is 1. The van der Waals surface area contributed by atoms with Crippen LogP contribution in [0.1, 0.15) is 22.4 Å². The predicted molar refractivity (Wildman–Crippen MR) is 97.7 cm³/mol. The summed E-state index contributed by atoms with van der Waals surface area (Å²) >= 11 is 1.39. The minimum atomic E-state index is -0.833. The number of rotatable bonds is 4. The van der Waals surface area contributed by atoms with Crippen LogP contribution in [0.2, 0.25) is 0 Å². The average molecular weight is 372 g/mol. The molecule has 1 amide bonds. The molecule has 134 valence electrons. The monoisotopic (exact) mass is 372 g/mol. The van der Waals surface area contributed by atoms with Gasteiger partial charge in [-0.15, -0.1) is 11.3 Å². The molecule has 3 aromatic heterocycles. The van der Waals surface area contributed by atoms with E-state index in [1.807, 2.05) is 6.92 Å². The molecule has 0 aliphatic carbocycles. The van der Waals surface area contributed by atoms with E-state index in [1.165, 1.54) is 17.7 Å². The van der Waals surface area contributed by atoms with Crippen molar-refractivity contribution < 1.29 is 14.7 Å². The van der Waals surface area contributed by atoms with E-state index in [1.54, 1.807) is 36.8 Å². The number of aliphatic carboxylic acids is 1. The van der Waals surface area contributed by atoms with Gasteiger partial charge in [0.2, 0.25) is 0 Å². The van der Waals surface area contributed by atoms with Crippen molar-refractivity contribution in [2.24, 2.45) is 0 Å². The number of anilines is 3. The van der Waals surface area contributed by atoms with Crippen LogP contribution in [0.25, 0.3) is 0 Å². The molecule has 3 rings (SSSR count). The second-order valence-electron chi connectivity index (χ2n) is 4.85. The third kappa shape index (κ3) is 5.91. The maximum atomic E-state index is 12.4. The number of nitrogens with one attached hydrogen (secondary N) is 2. The molecule has 3 aromatic rings. The Balaban J connectivity index is 0.000000552. The molecule has 10 heteroatoms. The van der Waals surface area contributed by atoms with Crippen LogP contribution in [0.5, 0.6) is 0 Å². The molecule has 0 unspecified atom stereocenters. The van der Waals surface area contributed by atoms with Gasteiger partial charge in [0, 0.05) is 13.1 Å². The third-order valence-corrected chi connectivity index (χ3v) is 3.56. The molecule has 3 N–H and O–H groups in total.